The number of aliphatic carboxylic acids is 1. The van der Waals surface area contributed by atoms with E-state index in [1.807, 2.05) is 0 Å². The molecular formula is C10H6BrFN2O3S. The first-order valence-corrected chi connectivity index (χ1v) is 6.48. The maximum Gasteiger partial charge on any atom is 0.314 e. The number of carboxylic acid groups (broad SMARTS) is 1. The van der Waals surface area contributed by atoms with Crippen LogP contribution in [-0.4, -0.2) is 27.0 Å². The van der Waals surface area contributed by atoms with Crippen LogP contribution in [0.1, 0.15) is 0 Å². The van der Waals surface area contributed by atoms with Crippen LogP contribution in [0.4, 0.5) is 4.39 Å². The number of benzene rings is 1. The van der Waals surface area contributed by atoms with Crippen molar-refractivity contribution in [2.75, 3.05) is 5.75 Å². The number of hydrogen-bond acceptors (Lipinski definition) is 5. The molecule has 0 spiro atoms. The second-order valence-corrected chi connectivity index (χ2v) is 4.98. The monoisotopic (exact) mass is 332 g/mol. The van der Waals surface area contributed by atoms with Gasteiger partial charge in [0.15, 0.2) is 0 Å². The summed E-state index contributed by atoms with van der Waals surface area (Å²) in [6.45, 7) is 0. The minimum absolute atomic E-state index is 0.158. The van der Waals surface area contributed by atoms with Crippen LogP contribution in [0.15, 0.2) is 32.4 Å². The molecule has 2 rings (SSSR count). The van der Waals surface area contributed by atoms with E-state index in [9.17, 15) is 9.18 Å². The van der Waals surface area contributed by atoms with E-state index >= 15 is 0 Å². The average Bonchev–Trinajstić information content (AvgIpc) is 2.79. The number of carboxylic acids is 1. The summed E-state index contributed by atoms with van der Waals surface area (Å²) in [5.41, 5.74) is 0.578. The van der Waals surface area contributed by atoms with Crippen LogP contribution in [0.25, 0.3) is 11.4 Å². The molecule has 2 aromatic rings. The minimum Gasteiger partial charge on any atom is -0.481 e. The highest BCUT2D eigenvalue weighted by Gasteiger charge is 2.11. The third-order valence-electron chi connectivity index (χ3n) is 1.90. The smallest absolute Gasteiger partial charge is 0.314 e. The third-order valence-corrected chi connectivity index (χ3v) is 3.32. The number of halogens is 2. The van der Waals surface area contributed by atoms with Gasteiger partial charge < -0.3 is 9.63 Å². The second kappa shape index (κ2) is 5.49. The molecule has 0 aliphatic heterocycles. The Morgan fingerprint density at radius 1 is 1.56 bits per heavy atom. The van der Waals surface area contributed by atoms with E-state index < -0.39 is 5.97 Å². The maximum absolute atomic E-state index is 13.0. The van der Waals surface area contributed by atoms with Crippen molar-refractivity contribution in [3.05, 3.63) is 28.5 Å². The average molecular weight is 333 g/mol. The molecule has 1 N–H and O–H groups in total. The Balaban J connectivity index is 2.18. The first-order valence-electron chi connectivity index (χ1n) is 4.70. The van der Waals surface area contributed by atoms with E-state index in [1.165, 1.54) is 18.2 Å². The molecule has 0 atom stereocenters. The SMILES string of the molecule is O=C(O)CSc1nc(-c2ccc(F)c(Br)c2)no1. The lowest BCUT2D eigenvalue weighted by Crippen LogP contribution is -1.97. The van der Waals surface area contributed by atoms with E-state index in [0.29, 0.717) is 10.0 Å². The van der Waals surface area contributed by atoms with Crippen molar-refractivity contribution in [1.29, 1.82) is 0 Å². The van der Waals surface area contributed by atoms with Gasteiger partial charge in [0.25, 0.3) is 5.22 Å². The van der Waals surface area contributed by atoms with E-state index in [2.05, 4.69) is 26.1 Å². The molecule has 1 aromatic carbocycles. The number of thioether (sulfide) groups is 1. The van der Waals surface area contributed by atoms with Crippen LogP contribution < -0.4 is 0 Å². The van der Waals surface area contributed by atoms with Gasteiger partial charge in [-0.2, -0.15) is 4.98 Å². The summed E-state index contributed by atoms with van der Waals surface area (Å²) in [6, 6.07) is 4.31. The molecule has 0 bridgehead atoms. The Labute approximate surface area is 114 Å². The third kappa shape index (κ3) is 3.08. The molecule has 0 radical (unpaired) electrons. The molecule has 0 aliphatic carbocycles. The van der Waals surface area contributed by atoms with Crippen molar-refractivity contribution in [2.45, 2.75) is 5.22 Å². The normalized spacial score (nSPS) is 10.6. The second-order valence-electron chi connectivity index (χ2n) is 3.20. The van der Waals surface area contributed by atoms with Crippen LogP contribution in [-0.2, 0) is 4.79 Å². The van der Waals surface area contributed by atoms with Gasteiger partial charge in [-0.15, -0.1) is 0 Å². The quantitative estimate of drug-likeness (QED) is 0.867. The van der Waals surface area contributed by atoms with Gasteiger partial charge in [0, 0.05) is 5.56 Å². The standard InChI is InChI=1S/C10H6BrFN2O3S/c11-6-3-5(1-2-7(6)12)9-13-10(17-14-9)18-4-8(15)16/h1-3H,4H2,(H,15,16). The van der Waals surface area contributed by atoms with Gasteiger partial charge in [0.1, 0.15) is 11.6 Å². The van der Waals surface area contributed by atoms with Gasteiger partial charge >= 0.3 is 5.97 Å². The zero-order valence-corrected chi connectivity index (χ0v) is 11.2. The highest BCUT2D eigenvalue weighted by atomic mass is 79.9. The maximum atomic E-state index is 13.0. The Bertz CT molecular complexity index is 590. The summed E-state index contributed by atoms with van der Waals surface area (Å²) >= 11 is 3.98. The lowest BCUT2D eigenvalue weighted by molar-refractivity contribution is -0.133. The number of rotatable bonds is 4. The molecule has 1 aromatic heterocycles. The first kappa shape index (κ1) is 13.0. The highest BCUT2D eigenvalue weighted by Crippen LogP contribution is 2.25. The molecule has 1 heterocycles. The van der Waals surface area contributed by atoms with E-state index in [1.54, 1.807) is 0 Å². The Kier molecular flexibility index (Phi) is 3.97. The Morgan fingerprint density at radius 2 is 2.33 bits per heavy atom. The van der Waals surface area contributed by atoms with Crippen LogP contribution >= 0.6 is 27.7 Å². The minimum atomic E-state index is -0.968. The van der Waals surface area contributed by atoms with Gasteiger partial charge in [-0.1, -0.05) is 16.9 Å². The topological polar surface area (TPSA) is 76.2 Å². The van der Waals surface area contributed by atoms with Crippen molar-refractivity contribution in [3.63, 3.8) is 0 Å². The molecule has 0 aliphatic rings. The highest BCUT2D eigenvalue weighted by molar-refractivity contribution is 9.10. The summed E-state index contributed by atoms with van der Waals surface area (Å²) < 4.78 is 18.2. The lowest BCUT2D eigenvalue weighted by atomic mass is 10.2. The number of aromatic nitrogens is 2. The van der Waals surface area contributed by atoms with E-state index in [0.717, 1.165) is 11.8 Å². The van der Waals surface area contributed by atoms with Gasteiger partial charge in [-0.05, 0) is 34.1 Å². The van der Waals surface area contributed by atoms with Crippen molar-refractivity contribution in [3.8, 4) is 11.4 Å². The van der Waals surface area contributed by atoms with Crippen LogP contribution in [0.3, 0.4) is 0 Å². The fraction of sp³-hybridized carbons (Fsp3) is 0.100. The molecule has 8 heteroatoms. The summed E-state index contributed by atoms with van der Waals surface area (Å²) in [7, 11) is 0. The molecule has 0 saturated carbocycles. The summed E-state index contributed by atoms with van der Waals surface area (Å²) in [6.07, 6.45) is 0. The van der Waals surface area contributed by atoms with Crippen molar-refractivity contribution in [1.82, 2.24) is 10.1 Å². The molecular weight excluding hydrogens is 327 g/mol. The lowest BCUT2D eigenvalue weighted by Gasteiger charge is -1.96. The zero-order valence-electron chi connectivity index (χ0n) is 8.76. The van der Waals surface area contributed by atoms with Crippen LogP contribution in [0.2, 0.25) is 0 Å². The predicted octanol–water partition coefficient (Wildman–Crippen LogP) is 2.81. The number of carbonyl (C=O) groups is 1. The van der Waals surface area contributed by atoms with Crippen molar-refractivity contribution >= 4 is 33.7 Å². The largest absolute Gasteiger partial charge is 0.481 e. The fourth-order valence-electron chi connectivity index (χ4n) is 1.14. The van der Waals surface area contributed by atoms with Crippen LogP contribution in [0, 0.1) is 5.82 Å². The van der Waals surface area contributed by atoms with E-state index in [4.69, 9.17) is 9.63 Å². The van der Waals surface area contributed by atoms with Gasteiger partial charge in [0.05, 0.1) is 4.47 Å². The number of hydrogen-bond donors (Lipinski definition) is 1. The molecule has 0 saturated heterocycles. The fourth-order valence-corrected chi connectivity index (χ4v) is 2.01. The first-order chi connectivity index (χ1) is 8.56. The summed E-state index contributed by atoms with van der Waals surface area (Å²) in [5, 5.41) is 12.4. The van der Waals surface area contributed by atoms with E-state index in [-0.39, 0.29) is 22.6 Å². The van der Waals surface area contributed by atoms with Gasteiger partial charge in [-0.3, -0.25) is 4.79 Å². The molecule has 18 heavy (non-hydrogen) atoms. The molecule has 0 fully saturated rings. The Hall–Kier alpha value is -1.41. The van der Waals surface area contributed by atoms with Crippen LogP contribution in [0.5, 0.6) is 0 Å². The Morgan fingerprint density at radius 3 is 3.00 bits per heavy atom. The molecule has 0 amide bonds. The molecule has 0 unspecified atom stereocenters. The van der Waals surface area contributed by atoms with Crippen molar-refractivity contribution < 1.29 is 18.8 Å². The summed E-state index contributed by atoms with van der Waals surface area (Å²) in [5.74, 6) is -1.23. The van der Waals surface area contributed by atoms with Gasteiger partial charge in [-0.25, -0.2) is 4.39 Å². The number of nitrogens with zero attached hydrogens (tertiary/aromatic N) is 2. The molecule has 5 nitrogen and oxygen atoms in total. The zero-order chi connectivity index (χ0) is 13.1. The van der Waals surface area contributed by atoms with Gasteiger partial charge in [0.2, 0.25) is 5.82 Å². The molecule has 94 valence electrons. The van der Waals surface area contributed by atoms with Crippen molar-refractivity contribution in [2.24, 2.45) is 0 Å². The predicted molar refractivity (Wildman–Crippen MR) is 65.8 cm³/mol. The summed E-state index contributed by atoms with van der Waals surface area (Å²) in [4.78, 5) is 14.4.